The van der Waals surface area contributed by atoms with Crippen molar-refractivity contribution in [1.82, 2.24) is 10.2 Å². The lowest BCUT2D eigenvalue weighted by atomic mass is 10.0. The van der Waals surface area contributed by atoms with E-state index in [2.05, 4.69) is 5.32 Å². The number of rotatable bonds is 11. The number of carbonyl (C=O) groups is 2. The van der Waals surface area contributed by atoms with Gasteiger partial charge in [0.2, 0.25) is 11.7 Å². The molecule has 0 unspecified atom stereocenters. The molecule has 36 heavy (non-hydrogen) atoms. The predicted molar refractivity (Wildman–Crippen MR) is 135 cm³/mol. The molecule has 188 valence electrons. The predicted octanol–water partition coefficient (Wildman–Crippen LogP) is 4.02. The van der Waals surface area contributed by atoms with E-state index >= 15 is 0 Å². The van der Waals surface area contributed by atoms with Crippen LogP contribution in [0.1, 0.15) is 11.1 Å². The third-order valence-corrected chi connectivity index (χ3v) is 5.70. The van der Waals surface area contributed by atoms with Crippen molar-refractivity contribution in [3.8, 4) is 11.5 Å². The molecule has 0 aliphatic rings. The zero-order valence-electron chi connectivity index (χ0n) is 19.8. The van der Waals surface area contributed by atoms with E-state index in [0.717, 1.165) is 11.1 Å². The van der Waals surface area contributed by atoms with E-state index in [9.17, 15) is 19.7 Å². The SMILES string of the molecule is CNC(=O)[C@H](Cc1ccccc1)N(Cc1cccc(Cl)c1)C(=O)COc1ccc([N+](=O)[O-])c(OC)c1. The molecule has 2 amide bonds. The van der Waals surface area contributed by atoms with Crippen molar-refractivity contribution in [3.05, 3.63) is 99.1 Å². The van der Waals surface area contributed by atoms with Crippen LogP contribution < -0.4 is 14.8 Å². The van der Waals surface area contributed by atoms with Gasteiger partial charge in [0.25, 0.3) is 5.91 Å². The maximum atomic E-state index is 13.4. The molecule has 3 rings (SSSR count). The molecule has 0 fully saturated rings. The Labute approximate surface area is 213 Å². The molecule has 0 aromatic heterocycles. The Morgan fingerprint density at radius 3 is 2.42 bits per heavy atom. The highest BCUT2D eigenvalue weighted by molar-refractivity contribution is 6.30. The summed E-state index contributed by atoms with van der Waals surface area (Å²) in [7, 11) is 2.82. The fourth-order valence-electron chi connectivity index (χ4n) is 3.68. The molecule has 0 radical (unpaired) electrons. The van der Waals surface area contributed by atoms with Gasteiger partial charge in [0, 0.05) is 37.2 Å². The summed E-state index contributed by atoms with van der Waals surface area (Å²) in [5.41, 5.74) is 1.41. The first-order valence-electron chi connectivity index (χ1n) is 11.1. The highest BCUT2D eigenvalue weighted by Crippen LogP contribution is 2.30. The number of nitro groups is 1. The van der Waals surface area contributed by atoms with Gasteiger partial charge in [-0.15, -0.1) is 0 Å². The largest absolute Gasteiger partial charge is 0.490 e. The number of hydrogen-bond donors (Lipinski definition) is 1. The molecule has 0 aliphatic heterocycles. The van der Waals surface area contributed by atoms with Gasteiger partial charge in [-0.2, -0.15) is 0 Å². The molecule has 1 atom stereocenters. The van der Waals surface area contributed by atoms with Crippen LogP contribution in [0.4, 0.5) is 5.69 Å². The van der Waals surface area contributed by atoms with E-state index in [0.29, 0.717) is 5.02 Å². The number of carbonyl (C=O) groups excluding carboxylic acids is 2. The number of likely N-dealkylation sites (N-methyl/N-ethyl adjacent to an activating group) is 1. The maximum absolute atomic E-state index is 13.4. The Morgan fingerprint density at radius 2 is 1.78 bits per heavy atom. The van der Waals surface area contributed by atoms with Crippen LogP contribution in [0.25, 0.3) is 0 Å². The van der Waals surface area contributed by atoms with Crippen LogP contribution in [0.5, 0.6) is 11.5 Å². The van der Waals surface area contributed by atoms with E-state index in [1.165, 1.54) is 37.3 Å². The molecule has 3 aromatic rings. The van der Waals surface area contributed by atoms with Crippen molar-refractivity contribution < 1.29 is 24.0 Å². The van der Waals surface area contributed by atoms with Crippen LogP contribution in [0, 0.1) is 10.1 Å². The van der Waals surface area contributed by atoms with Crippen molar-refractivity contribution in [1.29, 1.82) is 0 Å². The number of halogens is 1. The van der Waals surface area contributed by atoms with Crippen molar-refractivity contribution in [2.75, 3.05) is 20.8 Å². The van der Waals surface area contributed by atoms with Gasteiger partial charge in [-0.1, -0.05) is 54.1 Å². The fraction of sp³-hybridized carbons (Fsp3) is 0.231. The minimum absolute atomic E-state index is 0.00745. The van der Waals surface area contributed by atoms with Crippen molar-refractivity contribution in [2.45, 2.75) is 19.0 Å². The van der Waals surface area contributed by atoms with E-state index in [1.54, 1.807) is 18.2 Å². The van der Waals surface area contributed by atoms with E-state index in [-0.39, 0.29) is 36.1 Å². The second-order valence-corrected chi connectivity index (χ2v) is 8.29. The Balaban J connectivity index is 1.88. The minimum atomic E-state index is -0.820. The minimum Gasteiger partial charge on any atom is -0.490 e. The molecular weight excluding hydrogens is 486 g/mol. The Morgan fingerprint density at radius 1 is 1.06 bits per heavy atom. The first-order chi connectivity index (χ1) is 17.3. The number of nitrogens with zero attached hydrogens (tertiary/aromatic N) is 2. The van der Waals surface area contributed by atoms with Gasteiger partial charge in [-0.25, -0.2) is 0 Å². The number of hydrogen-bond acceptors (Lipinski definition) is 6. The summed E-state index contributed by atoms with van der Waals surface area (Å²) in [6.07, 6.45) is 0.290. The van der Waals surface area contributed by atoms with E-state index in [1.807, 2.05) is 36.4 Å². The fourth-order valence-corrected chi connectivity index (χ4v) is 3.89. The molecule has 0 bridgehead atoms. The lowest BCUT2D eigenvalue weighted by Gasteiger charge is -2.31. The first kappa shape index (κ1) is 26.5. The number of nitrogens with one attached hydrogen (secondary N) is 1. The molecule has 3 aromatic carbocycles. The average Bonchev–Trinajstić information content (AvgIpc) is 2.89. The second kappa shape index (κ2) is 12.6. The zero-order valence-corrected chi connectivity index (χ0v) is 20.6. The Hall–Kier alpha value is -4.11. The van der Waals surface area contributed by atoms with Crippen LogP contribution in [0.3, 0.4) is 0 Å². The van der Waals surface area contributed by atoms with Crippen LogP contribution in [-0.2, 0) is 22.6 Å². The number of methoxy groups -OCH3 is 1. The molecule has 10 heteroatoms. The average molecular weight is 512 g/mol. The van der Waals surface area contributed by atoms with E-state index in [4.69, 9.17) is 21.1 Å². The molecular formula is C26H26ClN3O6. The normalized spacial score (nSPS) is 11.3. The van der Waals surface area contributed by atoms with Gasteiger partial charge in [-0.05, 0) is 29.3 Å². The van der Waals surface area contributed by atoms with Gasteiger partial charge in [0.15, 0.2) is 6.61 Å². The molecule has 0 saturated heterocycles. The molecule has 1 N–H and O–H groups in total. The molecule has 0 heterocycles. The van der Waals surface area contributed by atoms with Crippen LogP contribution in [0.2, 0.25) is 5.02 Å². The molecule has 0 saturated carbocycles. The highest BCUT2D eigenvalue weighted by atomic mass is 35.5. The summed E-state index contributed by atoms with van der Waals surface area (Å²) < 4.78 is 10.7. The summed E-state index contributed by atoms with van der Waals surface area (Å²) in [5.74, 6) is -0.552. The smallest absolute Gasteiger partial charge is 0.311 e. The summed E-state index contributed by atoms with van der Waals surface area (Å²) in [5, 5.41) is 14.3. The number of nitro benzene ring substituents is 1. The van der Waals surface area contributed by atoms with Gasteiger partial charge in [0.05, 0.1) is 12.0 Å². The number of benzene rings is 3. The third kappa shape index (κ3) is 6.96. The van der Waals surface area contributed by atoms with Crippen molar-refractivity contribution in [3.63, 3.8) is 0 Å². The maximum Gasteiger partial charge on any atom is 0.311 e. The quantitative estimate of drug-likeness (QED) is 0.307. The summed E-state index contributed by atoms with van der Waals surface area (Å²) >= 11 is 6.14. The van der Waals surface area contributed by atoms with Crippen molar-refractivity contribution in [2.24, 2.45) is 0 Å². The van der Waals surface area contributed by atoms with Gasteiger partial charge in [-0.3, -0.25) is 19.7 Å². The standard InChI is InChI=1S/C26H26ClN3O6/c1-28-26(32)23(14-18-7-4-3-5-8-18)29(16-19-9-6-10-20(27)13-19)25(31)17-36-21-11-12-22(30(33)34)24(15-21)35-2/h3-13,15,23H,14,16-17H2,1-2H3,(H,28,32)/t23-/m0/s1. The lowest BCUT2D eigenvalue weighted by molar-refractivity contribution is -0.385. The van der Waals surface area contributed by atoms with Gasteiger partial charge < -0.3 is 19.7 Å². The zero-order chi connectivity index (χ0) is 26.1. The van der Waals surface area contributed by atoms with Crippen LogP contribution >= 0.6 is 11.6 Å². The van der Waals surface area contributed by atoms with E-state index < -0.39 is 23.5 Å². The highest BCUT2D eigenvalue weighted by Gasteiger charge is 2.30. The van der Waals surface area contributed by atoms with Crippen LogP contribution in [-0.4, -0.2) is 48.4 Å². The second-order valence-electron chi connectivity index (χ2n) is 7.85. The lowest BCUT2D eigenvalue weighted by Crippen LogP contribution is -2.51. The van der Waals surface area contributed by atoms with Gasteiger partial charge >= 0.3 is 5.69 Å². The van der Waals surface area contributed by atoms with Gasteiger partial charge in [0.1, 0.15) is 11.8 Å². The monoisotopic (exact) mass is 511 g/mol. The Bertz CT molecular complexity index is 1220. The molecule has 0 spiro atoms. The Kier molecular flexibility index (Phi) is 9.24. The third-order valence-electron chi connectivity index (χ3n) is 5.47. The van der Waals surface area contributed by atoms with Crippen molar-refractivity contribution >= 4 is 29.1 Å². The first-order valence-corrected chi connectivity index (χ1v) is 11.4. The summed E-state index contributed by atoms with van der Waals surface area (Å²) in [6, 6.07) is 19.6. The van der Waals surface area contributed by atoms with Crippen LogP contribution in [0.15, 0.2) is 72.8 Å². The summed E-state index contributed by atoms with van der Waals surface area (Å²) in [4.78, 5) is 38.4. The topological polar surface area (TPSA) is 111 Å². The molecule has 9 nitrogen and oxygen atoms in total. The number of ether oxygens (including phenoxy) is 2. The number of amides is 2. The summed E-state index contributed by atoms with van der Waals surface area (Å²) in [6.45, 7) is -0.277. The molecule has 0 aliphatic carbocycles.